The van der Waals surface area contributed by atoms with Crippen molar-refractivity contribution >= 4 is 13.3 Å². The Kier molecular flexibility index (Phi) is 5.41. The molecule has 0 heterocycles. The molecule has 0 bridgehead atoms. The molecule has 0 aliphatic carbocycles. The van der Waals surface area contributed by atoms with Crippen molar-refractivity contribution in [3.05, 3.63) is 33.9 Å². The van der Waals surface area contributed by atoms with E-state index in [1.165, 1.54) is 12.1 Å². The molecule has 1 aromatic carbocycles. The maximum absolute atomic E-state index is 10.9. The number of hydrogen-bond donors (Lipinski definition) is 0. The average Bonchev–Trinajstić information content (AvgIpc) is 2.16. The number of nitrogens with zero attached hydrogens (tertiary/aromatic N) is 2. The molecular formula is C8H6LiN2O5P. The van der Waals surface area contributed by atoms with Crippen LogP contribution in [0.15, 0.2) is 18.2 Å². The SMILES string of the molecule is Cc1ccc([N+](=O)[O-])c(OP(=O)([O-])C#N)c1.[Li+]. The Bertz CT molecular complexity index is 527. The molecule has 0 fully saturated rings. The van der Waals surface area contributed by atoms with Crippen molar-refractivity contribution in [2.45, 2.75) is 6.92 Å². The molecule has 1 atom stereocenters. The topological polar surface area (TPSA) is 116 Å². The van der Waals surface area contributed by atoms with E-state index in [4.69, 9.17) is 5.26 Å². The van der Waals surface area contributed by atoms with Gasteiger partial charge in [-0.1, -0.05) is 6.07 Å². The summed E-state index contributed by atoms with van der Waals surface area (Å²) in [7, 11) is -4.73. The maximum atomic E-state index is 10.9. The van der Waals surface area contributed by atoms with E-state index in [2.05, 4.69) is 4.52 Å². The molecule has 0 spiro atoms. The van der Waals surface area contributed by atoms with Crippen molar-refractivity contribution in [1.82, 2.24) is 0 Å². The van der Waals surface area contributed by atoms with Crippen LogP contribution in [0.25, 0.3) is 0 Å². The van der Waals surface area contributed by atoms with Gasteiger partial charge in [-0.2, -0.15) is 5.26 Å². The Labute approximate surface area is 109 Å². The standard InChI is InChI=1S/C8H7N2O5P.Li/c1-6-2-3-7(10(11)12)8(4-6)15-16(13,14)5-9;/h2-4H,1H3,(H,13,14);/q;+1/p-1. The van der Waals surface area contributed by atoms with Crippen molar-refractivity contribution < 1.29 is 37.8 Å². The van der Waals surface area contributed by atoms with Crippen molar-refractivity contribution in [1.29, 1.82) is 5.26 Å². The molecule has 0 aromatic heterocycles. The van der Waals surface area contributed by atoms with E-state index in [1.54, 1.807) is 6.92 Å². The fourth-order valence-corrected chi connectivity index (χ4v) is 1.44. The van der Waals surface area contributed by atoms with E-state index in [-0.39, 0.29) is 18.9 Å². The Morgan fingerprint density at radius 2 is 2.12 bits per heavy atom. The molecule has 7 nitrogen and oxygen atoms in total. The van der Waals surface area contributed by atoms with Gasteiger partial charge in [-0.05, 0) is 18.6 Å². The summed E-state index contributed by atoms with van der Waals surface area (Å²) in [5, 5.41) is 18.8. The smallest absolute Gasteiger partial charge is 0.758 e. The minimum atomic E-state index is -4.73. The van der Waals surface area contributed by atoms with Crippen molar-refractivity contribution in [2.75, 3.05) is 0 Å². The normalized spacial score (nSPS) is 12.8. The van der Waals surface area contributed by atoms with E-state index in [0.29, 0.717) is 5.56 Å². The minimum absolute atomic E-state index is 0. The van der Waals surface area contributed by atoms with E-state index >= 15 is 0 Å². The third-order valence-electron chi connectivity index (χ3n) is 1.65. The van der Waals surface area contributed by atoms with Crippen molar-refractivity contribution in [3.63, 3.8) is 0 Å². The predicted molar refractivity (Wildman–Crippen MR) is 51.7 cm³/mol. The molecule has 0 radical (unpaired) electrons. The monoisotopic (exact) mass is 248 g/mol. The summed E-state index contributed by atoms with van der Waals surface area (Å²) in [6.07, 6.45) is 0. The van der Waals surface area contributed by atoms with Crippen LogP contribution in [0.1, 0.15) is 5.56 Å². The zero-order valence-corrected chi connectivity index (χ0v) is 10.0. The quantitative estimate of drug-likeness (QED) is 0.273. The first kappa shape index (κ1) is 15.7. The molecule has 84 valence electrons. The number of nitro groups is 1. The second-order valence-corrected chi connectivity index (χ2v) is 4.29. The second-order valence-electron chi connectivity index (χ2n) is 2.92. The van der Waals surface area contributed by atoms with Gasteiger partial charge in [-0.15, -0.1) is 0 Å². The van der Waals surface area contributed by atoms with Gasteiger partial charge < -0.3 is 9.42 Å². The van der Waals surface area contributed by atoms with Crippen LogP contribution in [0, 0.1) is 28.1 Å². The van der Waals surface area contributed by atoms with Gasteiger partial charge in [-0.3, -0.25) is 14.7 Å². The number of aryl methyl sites for hydroxylation is 1. The van der Waals surface area contributed by atoms with Crippen LogP contribution in [0.3, 0.4) is 0 Å². The third kappa shape index (κ3) is 4.22. The van der Waals surface area contributed by atoms with Gasteiger partial charge in [0.2, 0.25) is 5.75 Å². The minimum Gasteiger partial charge on any atom is -0.758 e. The fourth-order valence-electron chi connectivity index (χ4n) is 0.995. The van der Waals surface area contributed by atoms with Gasteiger partial charge in [-0.25, -0.2) is 0 Å². The Morgan fingerprint density at radius 1 is 1.53 bits per heavy atom. The molecule has 0 aliphatic heterocycles. The number of benzene rings is 1. The first-order valence-electron chi connectivity index (χ1n) is 4.03. The summed E-state index contributed by atoms with van der Waals surface area (Å²) in [6, 6.07) is 3.73. The molecule has 1 rings (SSSR count). The van der Waals surface area contributed by atoms with Crippen LogP contribution in [0.2, 0.25) is 0 Å². The molecular weight excluding hydrogens is 242 g/mol. The van der Waals surface area contributed by atoms with E-state index in [0.717, 1.165) is 11.9 Å². The maximum Gasteiger partial charge on any atom is 1.00 e. The molecule has 1 aromatic rings. The fraction of sp³-hybridized carbons (Fsp3) is 0.125. The molecule has 1 unspecified atom stereocenters. The van der Waals surface area contributed by atoms with Crippen molar-refractivity contribution in [2.24, 2.45) is 0 Å². The number of rotatable bonds is 3. The van der Waals surface area contributed by atoms with Crippen LogP contribution < -0.4 is 28.3 Å². The number of nitriles is 1. The van der Waals surface area contributed by atoms with Crippen LogP contribution in [-0.4, -0.2) is 4.92 Å². The van der Waals surface area contributed by atoms with E-state index in [9.17, 15) is 19.6 Å². The molecule has 0 aliphatic rings. The summed E-state index contributed by atoms with van der Waals surface area (Å²) >= 11 is 0. The van der Waals surface area contributed by atoms with Crippen LogP contribution >= 0.6 is 7.60 Å². The summed E-state index contributed by atoms with van der Waals surface area (Å²) < 4.78 is 15.2. The number of nitro benzene ring substituents is 1. The first-order chi connectivity index (χ1) is 7.35. The Hall–Kier alpha value is -1.30. The zero-order chi connectivity index (χ0) is 12.3. The van der Waals surface area contributed by atoms with Crippen LogP contribution in [0.4, 0.5) is 5.69 Å². The molecule has 9 heteroatoms. The Balaban J connectivity index is 0.00000256. The molecule has 0 saturated carbocycles. The van der Waals surface area contributed by atoms with E-state index < -0.39 is 24.0 Å². The predicted octanol–water partition coefficient (Wildman–Crippen LogP) is -1.68. The van der Waals surface area contributed by atoms with Crippen molar-refractivity contribution in [3.8, 4) is 11.6 Å². The summed E-state index contributed by atoms with van der Waals surface area (Å²) in [5.74, 6) is 0.477. The first-order valence-corrected chi connectivity index (χ1v) is 5.57. The van der Waals surface area contributed by atoms with Gasteiger partial charge in [0, 0.05) is 6.07 Å². The van der Waals surface area contributed by atoms with Crippen LogP contribution in [-0.2, 0) is 4.57 Å². The molecule has 0 amide bonds. The van der Waals surface area contributed by atoms with Gasteiger partial charge in [0.05, 0.1) is 4.92 Å². The van der Waals surface area contributed by atoms with Gasteiger partial charge >= 0.3 is 24.5 Å². The van der Waals surface area contributed by atoms with E-state index in [1.807, 2.05) is 0 Å². The summed E-state index contributed by atoms with van der Waals surface area (Å²) in [4.78, 5) is 20.6. The molecule has 0 N–H and O–H groups in total. The second kappa shape index (κ2) is 5.86. The van der Waals surface area contributed by atoms with Crippen LogP contribution in [0.5, 0.6) is 5.75 Å². The molecule has 0 saturated heterocycles. The summed E-state index contributed by atoms with van der Waals surface area (Å²) in [5.41, 5.74) is 0.0791. The zero-order valence-electron chi connectivity index (χ0n) is 9.11. The van der Waals surface area contributed by atoms with Gasteiger partial charge in [0.15, 0.2) is 5.81 Å². The van der Waals surface area contributed by atoms with Gasteiger partial charge in [0.25, 0.3) is 7.60 Å². The molecule has 17 heavy (non-hydrogen) atoms. The largest absolute Gasteiger partial charge is 1.00 e. The third-order valence-corrected chi connectivity index (χ3v) is 2.34. The average molecular weight is 248 g/mol. The summed E-state index contributed by atoms with van der Waals surface area (Å²) in [6.45, 7) is 1.61. The Morgan fingerprint density at radius 3 is 2.59 bits per heavy atom. The van der Waals surface area contributed by atoms with Gasteiger partial charge in [0.1, 0.15) is 0 Å². The number of hydrogen-bond acceptors (Lipinski definition) is 6.